The van der Waals surface area contributed by atoms with Crippen LogP contribution in [0.3, 0.4) is 0 Å². The van der Waals surface area contributed by atoms with Gasteiger partial charge in [0.15, 0.2) is 9.84 Å². The van der Waals surface area contributed by atoms with Crippen molar-refractivity contribution < 1.29 is 18.0 Å². The number of sulfone groups is 1. The van der Waals surface area contributed by atoms with Crippen molar-refractivity contribution in [2.75, 3.05) is 16.8 Å². The Morgan fingerprint density at radius 2 is 1.84 bits per heavy atom. The van der Waals surface area contributed by atoms with Gasteiger partial charge in [0.05, 0.1) is 22.1 Å². The van der Waals surface area contributed by atoms with Crippen LogP contribution in [0, 0.1) is 0 Å². The van der Waals surface area contributed by atoms with Gasteiger partial charge in [-0.05, 0) is 43.7 Å². The smallest absolute Gasteiger partial charge is 0.267 e. The SMILES string of the molecule is O=C(Nc1sc2c(c1C(=O)N[C@H]1CCS(=O)(=O)C1)CCCC2)c1sc2ccccc2c1Cl. The molecule has 1 aliphatic carbocycles. The molecule has 2 aliphatic rings. The Bertz CT molecular complexity index is 1340. The maximum Gasteiger partial charge on any atom is 0.267 e. The standard InChI is InChI=1S/C22H21ClN2O4S3/c23-18-14-6-2-4-8-16(14)30-19(18)21(27)25-22-17(13-5-1-3-7-15(13)31-22)20(26)24-12-9-10-32(28,29)11-12/h2,4,6,8,12H,1,3,5,7,9-11H2,(H,24,26)(H,25,27)/t12-/m0/s1. The summed E-state index contributed by atoms with van der Waals surface area (Å²) in [6.07, 6.45) is 4.09. The molecule has 2 N–H and O–H groups in total. The van der Waals surface area contributed by atoms with Crippen LogP contribution in [0.1, 0.15) is 49.7 Å². The van der Waals surface area contributed by atoms with E-state index in [2.05, 4.69) is 10.6 Å². The molecule has 2 aromatic heterocycles. The number of nitrogens with one attached hydrogen (secondary N) is 2. The maximum atomic E-state index is 13.2. The van der Waals surface area contributed by atoms with Crippen molar-refractivity contribution in [3.8, 4) is 0 Å². The van der Waals surface area contributed by atoms with E-state index in [1.165, 1.54) is 22.7 Å². The molecule has 1 fully saturated rings. The molecule has 0 radical (unpaired) electrons. The quantitative estimate of drug-likeness (QED) is 0.536. The molecule has 3 aromatic rings. The van der Waals surface area contributed by atoms with E-state index in [4.69, 9.17) is 11.6 Å². The number of carbonyl (C=O) groups excluding carboxylic acids is 2. The lowest BCUT2D eigenvalue weighted by molar-refractivity contribution is 0.0941. The fraction of sp³-hybridized carbons (Fsp3) is 0.364. The third kappa shape index (κ3) is 4.07. The van der Waals surface area contributed by atoms with Gasteiger partial charge in [-0.1, -0.05) is 29.8 Å². The largest absolute Gasteiger partial charge is 0.348 e. The lowest BCUT2D eigenvalue weighted by Gasteiger charge is -2.15. The van der Waals surface area contributed by atoms with Gasteiger partial charge in [0.25, 0.3) is 11.8 Å². The number of carbonyl (C=O) groups is 2. The van der Waals surface area contributed by atoms with Crippen molar-refractivity contribution in [2.24, 2.45) is 0 Å². The van der Waals surface area contributed by atoms with E-state index in [-0.39, 0.29) is 23.3 Å². The van der Waals surface area contributed by atoms with Crippen molar-refractivity contribution in [1.29, 1.82) is 0 Å². The van der Waals surface area contributed by atoms with E-state index < -0.39 is 15.9 Å². The monoisotopic (exact) mass is 508 g/mol. The average Bonchev–Trinajstić information content (AvgIpc) is 3.40. The predicted octanol–water partition coefficient (Wildman–Crippen LogP) is 4.66. The van der Waals surface area contributed by atoms with Gasteiger partial charge in [0, 0.05) is 21.0 Å². The summed E-state index contributed by atoms with van der Waals surface area (Å²) >= 11 is 9.23. The minimum absolute atomic E-state index is 0.0375. The van der Waals surface area contributed by atoms with Crippen LogP contribution in [-0.4, -0.2) is 37.8 Å². The summed E-state index contributed by atoms with van der Waals surface area (Å²) in [5.74, 6) is -0.603. The highest BCUT2D eigenvalue weighted by atomic mass is 35.5. The van der Waals surface area contributed by atoms with E-state index in [1.807, 2.05) is 24.3 Å². The Kier molecular flexibility index (Phi) is 5.77. The van der Waals surface area contributed by atoms with Gasteiger partial charge in [-0.25, -0.2) is 8.42 Å². The average molecular weight is 509 g/mol. The highest BCUT2D eigenvalue weighted by Gasteiger charge is 2.32. The second-order valence-corrected chi connectivity index (χ2v) is 12.9. The first kappa shape index (κ1) is 21.9. The lowest BCUT2D eigenvalue weighted by Crippen LogP contribution is -2.36. The zero-order valence-corrected chi connectivity index (χ0v) is 20.3. The minimum atomic E-state index is -3.11. The maximum absolute atomic E-state index is 13.2. The zero-order chi connectivity index (χ0) is 22.5. The number of fused-ring (bicyclic) bond motifs is 2. The number of benzene rings is 1. The second-order valence-electron chi connectivity index (χ2n) is 8.18. The Balaban J connectivity index is 1.45. The van der Waals surface area contributed by atoms with Crippen molar-refractivity contribution in [1.82, 2.24) is 5.32 Å². The van der Waals surface area contributed by atoms with Crippen molar-refractivity contribution in [3.05, 3.63) is 50.2 Å². The number of anilines is 1. The number of aryl methyl sites for hydroxylation is 1. The van der Waals surface area contributed by atoms with E-state index >= 15 is 0 Å². The summed E-state index contributed by atoms with van der Waals surface area (Å²) in [7, 11) is -3.11. The number of hydrogen-bond donors (Lipinski definition) is 2. The molecule has 0 unspecified atom stereocenters. The van der Waals surface area contributed by atoms with Gasteiger partial charge in [-0.3, -0.25) is 9.59 Å². The molecular weight excluding hydrogens is 488 g/mol. The molecule has 0 spiro atoms. The van der Waals surface area contributed by atoms with Crippen LogP contribution < -0.4 is 10.6 Å². The molecule has 6 nitrogen and oxygen atoms in total. The number of amides is 2. The first-order valence-electron chi connectivity index (χ1n) is 10.5. The molecule has 3 heterocycles. The van der Waals surface area contributed by atoms with Gasteiger partial charge in [0.1, 0.15) is 9.88 Å². The van der Waals surface area contributed by atoms with Gasteiger partial charge >= 0.3 is 0 Å². The summed E-state index contributed by atoms with van der Waals surface area (Å²) in [4.78, 5) is 27.9. The van der Waals surface area contributed by atoms with Gasteiger partial charge < -0.3 is 10.6 Å². The van der Waals surface area contributed by atoms with Crippen LogP contribution in [0.25, 0.3) is 10.1 Å². The Morgan fingerprint density at radius 3 is 2.59 bits per heavy atom. The van der Waals surface area contributed by atoms with Gasteiger partial charge in [-0.2, -0.15) is 0 Å². The van der Waals surface area contributed by atoms with Gasteiger partial charge in [-0.15, -0.1) is 22.7 Å². The van der Waals surface area contributed by atoms with Crippen LogP contribution in [0.15, 0.2) is 24.3 Å². The van der Waals surface area contributed by atoms with Crippen molar-refractivity contribution >= 4 is 71.0 Å². The van der Waals surface area contributed by atoms with Crippen molar-refractivity contribution in [3.63, 3.8) is 0 Å². The molecular formula is C22H21ClN2O4S3. The van der Waals surface area contributed by atoms with Crippen LogP contribution in [-0.2, 0) is 22.7 Å². The summed E-state index contributed by atoms with van der Waals surface area (Å²) in [6.45, 7) is 0. The number of thiophene rings is 2. The van der Waals surface area contributed by atoms with E-state index in [1.54, 1.807) is 0 Å². The van der Waals surface area contributed by atoms with Crippen molar-refractivity contribution in [2.45, 2.75) is 38.1 Å². The molecule has 10 heteroatoms. The summed E-state index contributed by atoms with van der Waals surface area (Å²) < 4.78 is 24.5. The van der Waals surface area contributed by atoms with Crippen LogP contribution in [0.4, 0.5) is 5.00 Å². The minimum Gasteiger partial charge on any atom is -0.348 e. The molecule has 32 heavy (non-hydrogen) atoms. The van der Waals surface area contributed by atoms with E-state index in [0.29, 0.717) is 26.9 Å². The molecule has 168 valence electrons. The molecule has 1 atom stereocenters. The second kappa shape index (κ2) is 8.44. The zero-order valence-electron chi connectivity index (χ0n) is 17.1. The molecule has 5 rings (SSSR count). The lowest BCUT2D eigenvalue weighted by atomic mass is 9.95. The fourth-order valence-corrected chi connectivity index (χ4v) is 8.75. The van der Waals surface area contributed by atoms with Crippen LogP contribution in [0.5, 0.6) is 0 Å². The first-order chi connectivity index (χ1) is 15.3. The van der Waals surface area contributed by atoms with E-state index in [0.717, 1.165) is 46.2 Å². The molecule has 0 bridgehead atoms. The van der Waals surface area contributed by atoms with Crippen LogP contribution >= 0.6 is 34.3 Å². The third-order valence-electron chi connectivity index (χ3n) is 5.93. The number of rotatable bonds is 4. The summed E-state index contributed by atoms with van der Waals surface area (Å²) in [6, 6.07) is 7.18. The molecule has 2 amide bonds. The summed E-state index contributed by atoms with van der Waals surface area (Å²) in [5, 5.41) is 7.57. The first-order valence-corrected chi connectivity index (χ1v) is 14.3. The molecule has 1 saturated heterocycles. The Morgan fingerprint density at radius 1 is 1.06 bits per heavy atom. The molecule has 0 saturated carbocycles. The van der Waals surface area contributed by atoms with Crippen LogP contribution in [0.2, 0.25) is 5.02 Å². The van der Waals surface area contributed by atoms with E-state index in [9.17, 15) is 18.0 Å². The highest BCUT2D eigenvalue weighted by molar-refractivity contribution is 7.91. The topological polar surface area (TPSA) is 92.3 Å². The fourth-order valence-electron chi connectivity index (χ4n) is 4.38. The number of hydrogen-bond acceptors (Lipinski definition) is 6. The third-order valence-corrected chi connectivity index (χ3v) is 10.6. The predicted molar refractivity (Wildman–Crippen MR) is 130 cm³/mol. The number of halogens is 1. The molecule has 1 aliphatic heterocycles. The van der Waals surface area contributed by atoms with Gasteiger partial charge in [0.2, 0.25) is 0 Å². The summed E-state index contributed by atoms with van der Waals surface area (Å²) in [5.41, 5.74) is 1.44. The highest BCUT2D eigenvalue weighted by Crippen LogP contribution is 2.40. The normalized spacial score (nSPS) is 19.6. The Labute approximate surface area is 198 Å². The Hall–Kier alpha value is -1.94. The molecule has 1 aromatic carbocycles.